The molecule has 10 heteroatoms. The minimum Gasteiger partial charge on any atom is -0.480 e. The second-order valence-corrected chi connectivity index (χ2v) is 7.09. The van der Waals surface area contributed by atoms with E-state index in [1.807, 2.05) is 6.07 Å². The summed E-state index contributed by atoms with van der Waals surface area (Å²) < 4.78 is 7.63. The van der Waals surface area contributed by atoms with Gasteiger partial charge in [0, 0.05) is 16.5 Å². The SMILES string of the molecule is CCOc1nc2ccc(I)cc2c(=O)n1[C@@H]1C[C@@H](C(=O)O)N(C(=O)O)C1. The van der Waals surface area contributed by atoms with Crippen molar-refractivity contribution in [3.05, 3.63) is 32.1 Å². The Morgan fingerprint density at radius 2 is 2.12 bits per heavy atom. The number of halogens is 1. The van der Waals surface area contributed by atoms with E-state index in [1.54, 1.807) is 19.1 Å². The molecule has 1 fully saturated rings. The summed E-state index contributed by atoms with van der Waals surface area (Å²) in [6.45, 7) is 1.89. The number of hydrogen-bond acceptors (Lipinski definition) is 5. The van der Waals surface area contributed by atoms with E-state index in [1.165, 1.54) is 4.57 Å². The maximum absolute atomic E-state index is 13.0. The Morgan fingerprint density at radius 1 is 1.38 bits per heavy atom. The predicted octanol–water partition coefficient (Wildman–Crippen LogP) is 1.78. The first-order valence-corrected chi connectivity index (χ1v) is 8.98. The third-order valence-electron chi connectivity index (χ3n) is 4.28. The second-order valence-electron chi connectivity index (χ2n) is 5.84. The average Bonchev–Trinajstić information content (AvgIpc) is 3.01. The van der Waals surface area contributed by atoms with Crippen molar-refractivity contribution >= 4 is 45.6 Å². The molecule has 26 heavy (non-hydrogen) atoms. The largest absolute Gasteiger partial charge is 0.480 e. The topological polar surface area (TPSA) is 122 Å². The van der Waals surface area contributed by atoms with Crippen LogP contribution in [0.4, 0.5) is 4.79 Å². The van der Waals surface area contributed by atoms with Crippen LogP contribution in [0.25, 0.3) is 10.9 Å². The molecule has 2 heterocycles. The molecule has 3 rings (SSSR count). The lowest BCUT2D eigenvalue weighted by Gasteiger charge is -2.19. The third-order valence-corrected chi connectivity index (χ3v) is 4.95. The van der Waals surface area contributed by atoms with E-state index in [-0.39, 0.29) is 31.1 Å². The van der Waals surface area contributed by atoms with Crippen LogP contribution in [0.3, 0.4) is 0 Å². The number of amides is 1. The van der Waals surface area contributed by atoms with Crippen molar-refractivity contribution < 1.29 is 24.5 Å². The van der Waals surface area contributed by atoms with Crippen LogP contribution in [0, 0.1) is 3.57 Å². The van der Waals surface area contributed by atoms with E-state index < -0.39 is 24.1 Å². The van der Waals surface area contributed by atoms with Gasteiger partial charge in [-0.2, -0.15) is 4.98 Å². The van der Waals surface area contributed by atoms with Crippen LogP contribution in [0.15, 0.2) is 23.0 Å². The van der Waals surface area contributed by atoms with Crippen LogP contribution in [0.5, 0.6) is 6.01 Å². The Kier molecular flexibility index (Phi) is 5.03. The van der Waals surface area contributed by atoms with Crippen molar-refractivity contribution in [2.45, 2.75) is 25.4 Å². The van der Waals surface area contributed by atoms with E-state index in [0.717, 1.165) is 8.47 Å². The number of aliphatic carboxylic acids is 1. The molecule has 2 aromatic rings. The van der Waals surface area contributed by atoms with Gasteiger partial charge >= 0.3 is 12.1 Å². The molecule has 1 saturated heterocycles. The molecule has 1 aromatic carbocycles. The number of rotatable bonds is 4. The van der Waals surface area contributed by atoms with Gasteiger partial charge in [0.15, 0.2) is 0 Å². The molecule has 0 radical (unpaired) electrons. The fourth-order valence-electron chi connectivity index (χ4n) is 3.15. The normalized spacial score (nSPS) is 19.7. The third kappa shape index (κ3) is 3.20. The highest BCUT2D eigenvalue weighted by Gasteiger charge is 2.42. The van der Waals surface area contributed by atoms with Gasteiger partial charge in [-0.15, -0.1) is 0 Å². The summed E-state index contributed by atoms with van der Waals surface area (Å²) in [4.78, 5) is 41.0. The number of fused-ring (bicyclic) bond motifs is 1. The second kappa shape index (κ2) is 7.09. The van der Waals surface area contributed by atoms with Crippen LogP contribution >= 0.6 is 22.6 Å². The van der Waals surface area contributed by atoms with Gasteiger partial charge in [0.2, 0.25) is 0 Å². The Bertz CT molecular complexity index is 921. The summed E-state index contributed by atoms with van der Waals surface area (Å²) in [6.07, 6.45) is -1.37. The summed E-state index contributed by atoms with van der Waals surface area (Å²) in [5.74, 6) is -1.25. The molecule has 2 N–H and O–H groups in total. The van der Waals surface area contributed by atoms with Crippen molar-refractivity contribution in [3.63, 3.8) is 0 Å². The number of carbonyl (C=O) groups is 2. The van der Waals surface area contributed by atoms with Crippen molar-refractivity contribution in [1.29, 1.82) is 0 Å². The fraction of sp³-hybridized carbons (Fsp3) is 0.375. The number of nitrogens with zero attached hydrogens (tertiary/aromatic N) is 3. The van der Waals surface area contributed by atoms with E-state index in [4.69, 9.17) is 4.74 Å². The highest BCUT2D eigenvalue weighted by atomic mass is 127. The first-order valence-electron chi connectivity index (χ1n) is 7.90. The summed E-state index contributed by atoms with van der Waals surface area (Å²) in [6, 6.07) is 3.39. The Balaban J connectivity index is 2.15. The van der Waals surface area contributed by atoms with Crippen molar-refractivity contribution in [2.24, 2.45) is 0 Å². The molecule has 1 aliphatic heterocycles. The van der Waals surface area contributed by atoms with Gasteiger partial charge in [0.1, 0.15) is 6.04 Å². The highest BCUT2D eigenvalue weighted by Crippen LogP contribution is 2.30. The quantitative estimate of drug-likeness (QED) is 0.650. The number of likely N-dealkylation sites (tertiary alicyclic amines) is 1. The van der Waals surface area contributed by atoms with Gasteiger partial charge in [-0.25, -0.2) is 9.59 Å². The number of hydrogen-bond donors (Lipinski definition) is 2. The molecule has 0 spiro atoms. The molecule has 1 aromatic heterocycles. The van der Waals surface area contributed by atoms with Gasteiger partial charge in [0.25, 0.3) is 11.6 Å². The summed E-state index contributed by atoms with van der Waals surface area (Å²) in [7, 11) is 0. The van der Waals surface area contributed by atoms with Gasteiger partial charge in [0.05, 0.1) is 23.6 Å². The number of benzene rings is 1. The lowest BCUT2D eigenvalue weighted by molar-refractivity contribution is -0.141. The number of ether oxygens (including phenoxy) is 1. The van der Waals surface area contributed by atoms with E-state index in [9.17, 15) is 24.6 Å². The van der Waals surface area contributed by atoms with Crippen LogP contribution < -0.4 is 10.3 Å². The zero-order valence-electron chi connectivity index (χ0n) is 13.8. The predicted molar refractivity (Wildman–Crippen MR) is 99.7 cm³/mol. The molecule has 2 atom stereocenters. The van der Waals surface area contributed by atoms with E-state index >= 15 is 0 Å². The Labute approximate surface area is 161 Å². The molecule has 1 amide bonds. The minimum atomic E-state index is -1.34. The van der Waals surface area contributed by atoms with Gasteiger partial charge in [-0.1, -0.05) is 0 Å². The molecule has 1 aliphatic rings. The number of carboxylic acids is 1. The van der Waals surface area contributed by atoms with Crippen LogP contribution in [-0.4, -0.2) is 55.9 Å². The molecule has 0 aliphatic carbocycles. The number of aromatic nitrogens is 2. The van der Waals surface area contributed by atoms with Crippen molar-refractivity contribution in [1.82, 2.24) is 14.5 Å². The molecule has 138 valence electrons. The summed E-state index contributed by atoms with van der Waals surface area (Å²) in [5.41, 5.74) is 0.0938. The molecule has 9 nitrogen and oxygen atoms in total. The summed E-state index contributed by atoms with van der Waals surface area (Å²) in [5, 5.41) is 19.0. The lowest BCUT2D eigenvalue weighted by atomic mass is 10.1. The molecule has 0 saturated carbocycles. The molecular formula is C16H16IN3O6. The zero-order chi connectivity index (χ0) is 19.0. The van der Waals surface area contributed by atoms with E-state index in [0.29, 0.717) is 10.9 Å². The van der Waals surface area contributed by atoms with Crippen molar-refractivity contribution in [2.75, 3.05) is 13.2 Å². The maximum atomic E-state index is 13.0. The van der Waals surface area contributed by atoms with Crippen LogP contribution in [-0.2, 0) is 4.79 Å². The van der Waals surface area contributed by atoms with Crippen molar-refractivity contribution in [3.8, 4) is 6.01 Å². The van der Waals surface area contributed by atoms with Crippen LogP contribution in [0.2, 0.25) is 0 Å². The molecule has 0 unspecified atom stereocenters. The minimum absolute atomic E-state index is 0.0290. The smallest absolute Gasteiger partial charge is 0.408 e. The van der Waals surface area contributed by atoms with Crippen LogP contribution in [0.1, 0.15) is 19.4 Å². The fourth-order valence-corrected chi connectivity index (χ4v) is 3.64. The zero-order valence-corrected chi connectivity index (χ0v) is 15.9. The maximum Gasteiger partial charge on any atom is 0.408 e. The molecular weight excluding hydrogens is 457 g/mol. The number of carboxylic acid groups (broad SMARTS) is 2. The van der Waals surface area contributed by atoms with E-state index in [2.05, 4.69) is 27.6 Å². The summed E-state index contributed by atoms with van der Waals surface area (Å²) >= 11 is 2.08. The monoisotopic (exact) mass is 473 g/mol. The lowest BCUT2D eigenvalue weighted by Crippen LogP contribution is -2.39. The standard InChI is InChI=1S/C16H16IN3O6/c1-2-26-15-18-11-4-3-8(17)5-10(11)13(21)20(15)9-6-12(14(22)23)19(7-9)16(24)25/h3-5,9,12H,2,6-7H2,1H3,(H,22,23)(H,24,25)/t9-,12+/m1/s1. The average molecular weight is 473 g/mol. The Hall–Kier alpha value is -2.37. The highest BCUT2D eigenvalue weighted by molar-refractivity contribution is 14.1. The Morgan fingerprint density at radius 3 is 2.69 bits per heavy atom. The first kappa shape index (κ1) is 18.4. The van der Waals surface area contributed by atoms with Gasteiger partial charge in [-0.05, 0) is 47.7 Å². The first-order chi connectivity index (χ1) is 12.3. The van der Waals surface area contributed by atoms with Gasteiger partial charge in [-0.3, -0.25) is 14.3 Å². The van der Waals surface area contributed by atoms with Gasteiger partial charge < -0.3 is 14.9 Å². The molecule has 0 bridgehead atoms.